The molecule has 27 heavy (non-hydrogen) atoms. The number of rotatable bonds is 3. The average Bonchev–Trinajstić information content (AvgIpc) is 3.02. The van der Waals surface area contributed by atoms with Crippen LogP contribution in [0.4, 0.5) is 4.79 Å². The van der Waals surface area contributed by atoms with Crippen LogP contribution >= 0.6 is 27.3 Å². The number of ether oxygens (including phenoxy) is 1. The van der Waals surface area contributed by atoms with Crippen molar-refractivity contribution in [2.45, 2.75) is 32.4 Å². The molecule has 1 aliphatic rings. The van der Waals surface area contributed by atoms with E-state index in [-0.39, 0.29) is 12.1 Å². The van der Waals surface area contributed by atoms with Crippen molar-refractivity contribution in [2.24, 2.45) is 0 Å². The molecule has 146 valence electrons. The molecule has 0 bridgehead atoms. The highest BCUT2D eigenvalue weighted by atomic mass is 79.9. The molecule has 1 amide bonds. The molecule has 1 atom stereocenters. The van der Waals surface area contributed by atoms with Crippen molar-refractivity contribution < 1.29 is 14.6 Å². The Bertz CT molecular complexity index is 795. The number of nitrogens with zero attached hydrogens (tertiary/aromatic N) is 2. The van der Waals surface area contributed by atoms with Crippen LogP contribution in [-0.2, 0) is 4.74 Å². The minimum Gasteiger partial charge on any atom is -0.508 e. The zero-order valence-electron chi connectivity index (χ0n) is 15.8. The summed E-state index contributed by atoms with van der Waals surface area (Å²) in [6, 6.07) is 11.6. The van der Waals surface area contributed by atoms with Gasteiger partial charge in [-0.1, -0.05) is 18.2 Å². The molecule has 1 fully saturated rings. The summed E-state index contributed by atoms with van der Waals surface area (Å²) in [7, 11) is 0. The third kappa shape index (κ3) is 5.03. The van der Waals surface area contributed by atoms with Crippen molar-refractivity contribution >= 4 is 33.4 Å². The Morgan fingerprint density at radius 1 is 1.15 bits per heavy atom. The quantitative estimate of drug-likeness (QED) is 0.722. The lowest BCUT2D eigenvalue weighted by atomic mass is 10.0. The van der Waals surface area contributed by atoms with E-state index in [0.29, 0.717) is 31.9 Å². The van der Waals surface area contributed by atoms with Gasteiger partial charge in [0.25, 0.3) is 0 Å². The number of aromatic hydroxyl groups is 1. The molecule has 3 rings (SSSR count). The number of hydrogen-bond donors (Lipinski definition) is 1. The fraction of sp³-hybridized carbons (Fsp3) is 0.450. The molecule has 1 aliphatic heterocycles. The Morgan fingerprint density at radius 2 is 1.81 bits per heavy atom. The second-order valence-corrected chi connectivity index (χ2v) is 10.1. The number of carbonyl (C=O) groups excluding carboxylic acids is 1. The molecule has 1 saturated heterocycles. The van der Waals surface area contributed by atoms with Gasteiger partial charge in [-0.2, -0.15) is 0 Å². The maximum Gasteiger partial charge on any atom is 0.410 e. The Kier molecular flexibility index (Phi) is 6.13. The molecular formula is C20H25BrN2O3S. The van der Waals surface area contributed by atoms with Gasteiger partial charge in [-0.05, 0) is 54.9 Å². The summed E-state index contributed by atoms with van der Waals surface area (Å²) in [4.78, 5) is 17.6. The highest BCUT2D eigenvalue weighted by Crippen LogP contribution is 2.39. The zero-order valence-corrected chi connectivity index (χ0v) is 18.2. The van der Waals surface area contributed by atoms with Crippen LogP contribution in [0.2, 0.25) is 0 Å². The van der Waals surface area contributed by atoms with Crippen LogP contribution in [0.3, 0.4) is 0 Å². The molecule has 1 aromatic carbocycles. The summed E-state index contributed by atoms with van der Waals surface area (Å²) in [6.07, 6.45) is -0.264. The number of amides is 1. The van der Waals surface area contributed by atoms with Gasteiger partial charge in [-0.15, -0.1) is 11.3 Å². The first-order chi connectivity index (χ1) is 12.7. The van der Waals surface area contributed by atoms with Crippen molar-refractivity contribution in [2.75, 3.05) is 26.2 Å². The molecule has 0 spiro atoms. The lowest BCUT2D eigenvalue weighted by Gasteiger charge is -2.39. The van der Waals surface area contributed by atoms with Crippen molar-refractivity contribution in [1.82, 2.24) is 9.80 Å². The average molecular weight is 453 g/mol. The summed E-state index contributed by atoms with van der Waals surface area (Å²) in [5.41, 5.74) is 0.396. The molecule has 0 saturated carbocycles. The van der Waals surface area contributed by atoms with Gasteiger partial charge in [-0.25, -0.2) is 4.79 Å². The Labute approximate surface area is 172 Å². The van der Waals surface area contributed by atoms with Crippen molar-refractivity contribution in [1.29, 1.82) is 0 Å². The number of phenols is 1. The van der Waals surface area contributed by atoms with Crippen LogP contribution in [0.5, 0.6) is 5.75 Å². The second kappa shape index (κ2) is 8.20. The van der Waals surface area contributed by atoms with Gasteiger partial charge in [0.2, 0.25) is 0 Å². The Morgan fingerprint density at radius 3 is 2.37 bits per heavy atom. The van der Waals surface area contributed by atoms with Crippen LogP contribution in [0.25, 0.3) is 0 Å². The van der Waals surface area contributed by atoms with Gasteiger partial charge >= 0.3 is 6.09 Å². The van der Waals surface area contributed by atoms with E-state index in [1.54, 1.807) is 22.3 Å². The third-order valence-electron chi connectivity index (χ3n) is 4.43. The minimum atomic E-state index is -0.490. The van der Waals surface area contributed by atoms with E-state index >= 15 is 0 Å². The van der Waals surface area contributed by atoms with Crippen LogP contribution in [-0.4, -0.2) is 52.8 Å². The number of piperazine rings is 1. The fourth-order valence-corrected chi connectivity index (χ4v) is 4.79. The highest BCUT2D eigenvalue weighted by molar-refractivity contribution is 9.11. The molecule has 7 heteroatoms. The Balaban J connectivity index is 1.78. The van der Waals surface area contributed by atoms with Crippen molar-refractivity contribution in [3.05, 3.63) is 50.6 Å². The molecule has 0 radical (unpaired) electrons. The van der Waals surface area contributed by atoms with Gasteiger partial charge in [0, 0.05) is 36.6 Å². The summed E-state index contributed by atoms with van der Waals surface area (Å²) < 4.78 is 6.55. The topological polar surface area (TPSA) is 53.0 Å². The normalized spacial score (nSPS) is 17.0. The molecule has 5 nitrogen and oxygen atoms in total. The first kappa shape index (κ1) is 20.2. The molecule has 2 aromatic rings. The standard InChI is InChI=1S/C20H25BrN2O3S/c1-20(2,3)26-19(25)23-12-10-22(11-13-23)18(16-8-9-17(21)27-16)14-6-4-5-7-15(14)24/h4-9,18,24H,10-13H2,1-3H3/t18-/m0/s1. The number of benzene rings is 1. The number of phenolic OH excluding ortho intramolecular Hbond substituents is 1. The molecule has 1 aromatic heterocycles. The smallest absolute Gasteiger partial charge is 0.410 e. The van der Waals surface area contributed by atoms with E-state index < -0.39 is 5.60 Å². The monoisotopic (exact) mass is 452 g/mol. The van der Waals surface area contributed by atoms with Gasteiger partial charge in [0.05, 0.1) is 9.83 Å². The van der Waals surface area contributed by atoms with E-state index in [1.165, 1.54) is 0 Å². The lowest BCUT2D eigenvalue weighted by Crippen LogP contribution is -2.50. The fourth-order valence-electron chi connectivity index (χ4n) is 3.21. The van der Waals surface area contributed by atoms with Crippen LogP contribution in [0.1, 0.15) is 37.3 Å². The maximum atomic E-state index is 12.3. The maximum absolute atomic E-state index is 12.3. The Hall–Kier alpha value is -1.57. The van der Waals surface area contributed by atoms with Crippen LogP contribution < -0.4 is 0 Å². The van der Waals surface area contributed by atoms with Gasteiger partial charge < -0.3 is 14.7 Å². The van der Waals surface area contributed by atoms with Gasteiger partial charge in [0.1, 0.15) is 11.4 Å². The molecule has 2 heterocycles. The summed E-state index contributed by atoms with van der Waals surface area (Å²) in [6.45, 7) is 8.27. The molecule has 1 N–H and O–H groups in total. The summed E-state index contributed by atoms with van der Waals surface area (Å²) >= 11 is 5.21. The largest absolute Gasteiger partial charge is 0.508 e. The van der Waals surface area contributed by atoms with Crippen LogP contribution in [0, 0.1) is 0 Å². The first-order valence-corrected chi connectivity index (χ1v) is 10.6. The number of carbonyl (C=O) groups is 1. The molecule has 0 unspecified atom stereocenters. The summed E-state index contributed by atoms with van der Waals surface area (Å²) in [5, 5.41) is 10.4. The van der Waals surface area contributed by atoms with Crippen molar-refractivity contribution in [3.8, 4) is 5.75 Å². The van der Waals surface area contributed by atoms with E-state index in [0.717, 1.165) is 14.2 Å². The first-order valence-electron chi connectivity index (χ1n) is 9.00. The number of para-hydroxylation sites is 1. The molecular weight excluding hydrogens is 428 g/mol. The second-order valence-electron chi connectivity index (χ2n) is 7.61. The predicted molar refractivity (Wildman–Crippen MR) is 111 cm³/mol. The summed E-state index contributed by atoms with van der Waals surface area (Å²) in [5.74, 6) is 0.293. The molecule has 0 aliphatic carbocycles. The minimum absolute atomic E-state index is 0.0386. The van der Waals surface area contributed by atoms with E-state index in [2.05, 4.69) is 26.9 Å². The SMILES string of the molecule is CC(C)(C)OC(=O)N1CCN([C@H](c2ccc(Br)s2)c2ccccc2O)CC1. The third-order valence-corrected chi connectivity index (χ3v) is 6.10. The van der Waals surface area contributed by atoms with E-state index in [4.69, 9.17) is 4.74 Å². The zero-order chi connectivity index (χ0) is 19.6. The number of hydrogen-bond acceptors (Lipinski definition) is 5. The van der Waals surface area contributed by atoms with Crippen LogP contribution in [0.15, 0.2) is 40.2 Å². The van der Waals surface area contributed by atoms with E-state index in [1.807, 2.05) is 45.0 Å². The number of halogens is 1. The lowest BCUT2D eigenvalue weighted by molar-refractivity contribution is 0.0119. The number of thiophene rings is 1. The highest BCUT2D eigenvalue weighted by Gasteiger charge is 2.32. The van der Waals surface area contributed by atoms with Gasteiger partial charge in [-0.3, -0.25) is 4.90 Å². The van der Waals surface area contributed by atoms with E-state index in [9.17, 15) is 9.90 Å². The van der Waals surface area contributed by atoms with Crippen molar-refractivity contribution in [3.63, 3.8) is 0 Å². The van der Waals surface area contributed by atoms with Gasteiger partial charge in [0.15, 0.2) is 0 Å². The predicted octanol–water partition coefficient (Wildman–Crippen LogP) is 4.86.